The predicted octanol–water partition coefficient (Wildman–Crippen LogP) is 4.81. The summed E-state index contributed by atoms with van der Waals surface area (Å²) in [6.07, 6.45) is 0. The largest absolute Gasteiger partial charge is 0.326 e. The van der Waals surface area contributed by atoms with E-state index in [0.29, 0.717) is 18.1 Å². The second-order valence-electron chi connectivity index (χ2n) is 7.40. The Morgan fingerprint density at radius 1 is 1.10 bits per heavy atom. The van der Waals surface area contributed by atoms with Gasteiger partial charge in [0.25, 0.3) is 5.91 Å². The minimum Gasteiger partial charge on any atom is -0.326 e. The number of hydrogen-bond donors (Lipinski definition) is 2. The van der Waals surface area contributed by atoms with E-state index in [-0.39, 0.29) is 5.91 Å². The molecule has 6 nitrogen and oxygen atoms in total. The maximum absolute atomic E-state index is 12.9. The van der Waals surface area contributed by atoms with E-state index in [2.05, 4.69) is 36.7 Å². The number of amides is 1. The summed E-state index contributed by atoms with van der Waals surface area (Å²) in [7, 11) is 1.91. The molecule has 30 heavy (non-hydrogen) atoms. The molecule has 0 saturated carbocycles. The summed E-state index contributed by atoms with van der Waals surface area (Å²) in [4.78, 5) is 17.6. The number of aryl methyl sites for hydroxylation is 4. The molecule has 0 aliphatic carbocycles. The van der Waals surface area contributed by atoms with Gasteiger partial charge in [0.05, 0.1) is 12.2 Å². The van der Waals surface area contributed by atoms with Crippen molar-refractivity contribution in [1.82, 2.24) is 15.1 Å². The first-order valence-electron chi connectivity index (χ1n) is 9.68. The average molecular weight is 468 g/mol. The molecule has 3 rings (SSSR count). The van der Waals surface area contributed by atoms with Crippen LogP contribution in [0.3, 0.4) is 0 Å². The van der Waals surface area contributed by atoms with Gasteiger partial charge in [0.2, 0.25) is 5.96 Å². The first kappa shape index (κ1) is 21.8. The van der Waals surface area contributed by atoms with Crippen LogP contribution in [0.25, 0.3) is 0 Å². The number of carbonyl (C=O) groups excluding carboxylic acids is 1. The number of hydrogen-bond acceptors (Lipinski definition) is 3. The number of aromatic nitrogens is 2. The van der Waals surface area contributed by atoms with Crippen molar-refractivity contribution in [3.05, 3.63) is 80.6 Å². The van der Waals surface area contributed by atoms with Crippen LogP contribution < -0.4 is 10.6 Å². The van der Waals surface area contributed by atoms with E-state index in [1.807, 2.05) is 81.9 Å². The van der Waals surface area contributed by atoms with Gasteiger partial charge in [-0.3, -0.25) is 14.8 Å². The maximum Gasteiger partial charge on any atom is 0.257 e. The Kier molecular flexibility index (Phi) is 6.72. The fourth-order valence-electron chi connectivity index (χ4n) is 3.30. The van der Waals surface area contributed by atoms with Crippen molar-refractivity contribution in [1.29, 1.82) is 0 Å². The van der Waals surface area contributed by atoms with Gasteiger partial charge in [-0.15, -0.1) is 0 Å². The molecule has 7 heteroatoms. The second kappa shape index (κ2) is 9.26. The molecule has 2 aromatic carbocycles. The van der Waals surface area contributed by atoms with Crippen LogP contribution in [0.5, 0.6) is 0 Å². The van der Waals surface area contributed by atoms with E-state index in [4.69, 9.17) is 0 Å². The van der Waals surface area contributed by atoms with Crippen LogP contribution in [0.2, 0.25) is 0 Å². The van der Waals surface area contributed by atoms with Gasteiger partial charge in [0, 0.05) is 34.0 Å². The zero-order chi connectivity index (χ0) is 21.8. The van der Waals surface area contributed by atoms with Gasteiger partial charge in [-0.25, -0.2) is 4.99 Å². The van der Waals surface area contributed by atoms with Gasteiger partial charge in [-0.1, -0.05) is 39.2 Å². The lowest BCUT2D eigenvalue weighted by Gasteiger charge is -2.13. The van der Waals surface area contributed by atoms with Gasteiger partial charge in [0.1, 0.15) is 0 Å². The number of nitrogens with one attached hydrogen (secondary N) is 2. The Balaban J connectivity index is 1.89. The first-order chi connectivity index (χ1) is 14.2. The SMILES string of the molecule is Cc1cc(C)cc(C(=O)NC(=NCc2c(C)nn(C)c2C)Nc2cccc(Br)c2)c1. The van der Waals surface area contributed by atoms with Crippen molar-refractivity contribution in [2.24, 2.45) is 12.0 Å². The van der Waals surface area contributed by atoms with Crippen LogP contribution in [0.15, 0.2) is 51.9 Å². The Morgan fingerprint density at radius 3 is 2.40 bits per heavy atom. The monoisotopic (exact) mass is 467 g/mol. The highest BCUT2D eigenvalue weighted by molar-refractivity contribution is 9.10. The highest BCUT2D eigenvalue weighted by Crippen LogP contribution is 2.17. The van der Waals surface area contributed by atoms with E-state index >= 15 is 0 Å². The van der Waals surface area contributed by atoms with Gasteiger partial charge >= 0.3 is 0 Å². The van der Waals surface area contributed by atoms with Gasteiger partial charge in [-0.05, 0) is 58.0 Å². The number of nitrogens with zero attached hydrogens (tertiary/aromatic N) is 3. The molecule has 0 aliphatic heterocycles. The number of guanidine groups is 1. The summed E-state index contributed by atoms with van der Waals surface area (Å²) >= 11 is 3.47. The maximum atomic E-state index is 12.9. The number of aliphatic imine (C=N–C) groups is 1. The molecule has 0 radical (unpaired) electrons. The molecule has 0 atom stereocenters. The fourth-order valence-corrected chi connectivity index (χ4v) is 3.70. The Morgan fingerprint density at radius 2 is 1.80 bits per heavy atom. The van der Waals surface area contributed by atoms with E-state index < -0.39 is 0 Å². The van der Waals surface area contributed by atoms with Crippen molar-refractivity contribution in [3.8, 4) is 0 Å². The molecule has 1 heterocycles. The minimum atomic E-state index is -0.206. The Bertz CT molecular complexity index is 1100. The van der Waals surface area contributed by atoms with Crippen LogP contribution in [-0.2, 0) is 13.6 Å². The lowest BCUT2D eigenvalue weighted by atomic mass is 10.1. The van der Waals surface area contributed by atoms with E-state index in [1.165, 1.54) is 0 Å². The van der Waals surface area contributed by atoms with Crippen LogP contribution in [0.1, 0.15) is 38.4 Å². The van der Waals surface area contributed by atoms with Gasteiger partial charge < -0.3 is 5.32 Å². The minimum absolute atomic E-state index is 0.206. The van der Waals surface area contributed by atoms with Crippen molar-refractivity contribution < 1.29 is 4.79 Å². The molecule has 0 saturated heterocycles. The van der Waals surface area contributed by atoms with Crippen molar-refractivity contribution in [2.45, 2.75) is 34.2 Å². The fraction of sp³-hybridized carbons (Fsp3) is 0.261. The molecule has 0 unspecified atom stereocenters. The third kappa shape index (κ3) is 5.36. The predicted molar refractivity (Wildman–Crippen MR) is 125 cm³/mol. The number of benzene rings is 2. The summed E-state index contributed by atoms with van der Waals surface area (Å²) in [5, 5.41) is 10.6. The molecule has 0 bridgehead atoms. The molecule has 1 aromatic heterocycles. The second-order valence-corrected chi connectivity index (χ2v) is 8.32. The van der Waals surface area contributed by atoms with Gasteiger partial charge in [0.15, 0.2) is 0 Å². The normalized spacial score (nSPS) is 11.5. The van der Waals surface area contributed by atoms with Crippen molar-refractivity contribution in [2.75, 3.05) is 5.32 Å². The molecule has 3 aromatic rings. The average Bonchev–Trinajstić information content (AvgIpc) is 2.90. The first-order valence-corrected chi connectivity index (χ1v) is 10.5. The topological polar surface area (TPSA) is 71.3 Å². The summed E-state index contributed by atoms with van der Waals surface area (Å²) in [5.41, 5.74) is 6.54. The molecular weight excluding hydrogens is 442 g/mol. The van der Waals surface area contributed by atoms with E-state index in [9.17, 15) is 4.79 Å². The zero-order valence-electron chi connectivity index (χ0n) is 17.9. The quantitative estimate of drug-likeness (QED) is 0.426. The highest BCUT2D eigenvalue weighted by atomic mass is 79.9. The molecule has 156 valence electrons. The molecule has 0 aliphatic rings. The molecule has 0 fully saturated rings. The standard InChI is InChI=1S/C23H26BrN5O/c1-14-9-15(2)11-18(10-14)22(30)27-23(26-20-8-6-7-19(24)12-20)25-13-21-16(3)28-29(5)17(21)4/h6-12H,13H2,1-5H3,(H2,25,26,27,30). The summed E-state index contributed by atoms with van der Waals surface area (Å²) in [5.74, 6) is 0.183. The molecule has 0 spiro atoms. The van der Waals surface area contributed by atoms with Gasteiger partial charge in [-0.2, -0.15) is 5.10 Å². The van der Waals surface area contributed by atoms with Crippen LogP contribution in [0.4, 0.5) is 5.69 Å². The molecule has 1 amide bonds. The number of halogens is 1. The summed E-state index contributed by atoms with van der Waals surface area (Å²) in [6.45, 7) is 8.35. The van der Waals surface area contributed by atoms with E-state index in [0.717, 1.165) is 38.2 Å². The summed E-state index contributed by atoms with van der Waals surface area (Å²) in [6, 6.07) is 13.5. The number of anilines is 1. The summed E-state index contributed by atoms with van der Waals surface area (Å²) < 4.78 is 2.78. The highest BCUT2D eigenvalue weighted by Gasteiger charge is 2.13. The zero-order valence-corrected chi connectivity index (χ0v) is 19.5. The van der Waals surface area contributed by atoms with Crippen LogP contribution in [-0.4, -0.2) is 21.6 Å². The Labute approximate surface area is 185 Å². The van der Waals surface area contributed by atoms with E-state index in [1.54, 1.807) is 0 Å². The number of carbonyl (C=O) groups is 1. The Hall–Kier alpha value is -2.93. The lowest BCUT2D eigenvalue weighted by molar-refractivity contribution is 0.0976. The molecular formula is C23H26BrN5O. The number of rotatable bonds is 4. The lowest BCUT2D eigenvalue weighted by Crippen LogP contribution is -2.36. The third-order valence-electron chi connectivity index (χ3n) is 4.86. The molecule has 2 N–H and O–H groups in total. The van der Waals surface area contributed by atoms with Crippen LogP contribution >= 0.6 is 15.9 Å². The van der Waals surface area contributed by atoms with Crippen molar-refractivity contribution >= 4 is 33.5 Å². The van der Waals surface area contributed by atoms with Crippen LogP contribution in [0, 0.1) is 27.7 Å². The smallest absolute Gasteiger partial charge is 0.257 e. The van der Waals surface area contributed by atoms with Crippen molar-refractivity contribution in [3.63, 3.8) is 0 Å². The third-order valence-corrected chi connectivity index (χ3v) is 5.35.